The standard InChI is InChI=1S/C13H15BrFNO2/c14-11-5-1-4-10(12(11)15)13(17)16-7-6-9-3-2-8-18-9/h1,4-5,9H,2-3,6-8H2,(H,16,17). The highest BCUT2D eigenvalue weighted by Gasteiger charge is 2.17. The molecule has 1 fully saturated rings. The quantitative estimate of drug-likeness (QED) is 0.927. The van der Waals surface area contributed by atoms with Gasteiger partial charge in [0.1, 0.15) is 5.82 Å². The number of benzene rings is 1. The van der Waals surface area contributed by atoms with E-state index in [1.165, 1.54) is 6.07 Å². The zero-order valence-electron chi connectivity index (χ0n) is 9.92. The summed E-state index contributed by atoms with van der Waals surface area (Å²) in [6.45, 7) is 1.31. The minimum absolute atomic E-state index is 0.0664. The first-order valence-corrected chi connectivity index (χ1v) is 6.81. The summed E-state index contributed by atoms with van der Waals surface area (Å²) in [6, 6.07) is 4.68. The molecule has 1 unspecified atom stereocenters. The van der Waals surface area contributed by atoms with Gasteiger partial charge in [-0.05, 0) is 47.3 Å². The number of ether oxygens (including phenoxy) is 1. The molecule has 1 N–H and O–H groups in total. The smallest absolute Gasteiger partial charge is 0.254 e. The van der Waals surface area contributed by atoms with Gasteiger partial charge in [-0.25, -0.2) is 4.39 Å². The van der Waals surface area contributed by atoms with Gasteiger partial charge in [-0.2, -0.15) is 0 Å². The van der Waals surface area contributed by atoms with E-state index in [-0.39, 0.29) is 17.6 Å². The second-order valence-electron chi connectivity index (χ2n) is 4.28. The molecule has 3 nitrogen and oxygen atoms in total. The summed E-state index contributed by atoms with van der Waals surface area (Å²) in [5.41, 5.74) is 0.0664. The Morgan fingerprint density at radius 1 is 1.56 bits per heavy atom. The topological polar surface area (TPSA) is 38.3 Å². The molecular weight excluding hydrogens is 301 g/mol. The molecule has 1 aliphatic rings. The molecule has 0 saturated carbocycles. The second kappa shape index (κ2) is 6.29. The third-order valence-corrected chi connectivity index (χ3v) is 3.58. The van der Waals surface area contributed by atoms with E-state index in [2.05, 4.69) is 21.2 Å². The predicted octanol–water partition coefficient (Wildman–Crippen LogP) is 2.89. The van der Waals surface area contributed by atoms with Crippen molar-refractivity contribution in [2.75, 3.05) is 13.2 Å². The number of hydrogen-bond donors (Lipinski definition) is 1. The van der Waals surface area contributed by atoms with Crippen LogP contribution in [-0.2, 0) is 4.74 Å². The average Bonchev–Trinajstić information content (AvgIpc) is 2.85. The van der Waals surface area contributed by atoms with Gasteiger partial charge in [0.15, 0.2) is 0 Å². The summed E-state index contributed by atoms with van der Waals surface area (Å²) in [4.78, 5) is 11.8. The molecule has 18 heavy (non-hydrogen) atoms. The highest BCUT2D eigenvalue weighted by molar-refractivity contribution is 9.10. The molecular formula is C13H15BrFNO2. The molecule has 2 rings (SSSR count). The van der Waals surface area contributed by atoms with E-state index in [0.717, 1.165) is 25.9 Å². The van der Waals surface area contributed by atoms with Crippen molar-refractivity contribution in [3.05, 3.63) is 34.1 Å². The van der Waals surface area contributed by atoms with Crippen molar-refractivity contribution in [1.82, 2.24) is 5.32 Å². The highest BCUT2D eigenvalue weighted by atomic mass is 79.9. The van der Waals surface area contributed by atoms with Crippen molar-refractivity contribution in [3.8, 4) is 0 Å². The summed E-state index contributed by atoms with van der Waals surface area (Å²) in [7, 11) is 0. The van der Waals surface area contributed by atoms with Gasteiger partial charge in [-0.1, -0.05) is 6.07 Å². The molecule has 98 valence electrons. The van der Waals surface area contributed by atoms with Crippen LogP contribution in [0.5, 0.6) is 0 Å². The number of rotatable bonds is 4. The van der Waals surface area contributed by atoms with Crippen LogP contribution in [0.1, 0.15) is 29.6 Å². The van der Waals surface area contributed by atoms with Crippen molar-refractivity contribution in [1.29, 1.82) is 0 Å². The van der Waals surface area contributed by atoms with Gasteiger partial charge in [-0.3, -0.25) is 4.79 Å². The third kappa shape index (κ3) is 3.29. The lowest BCUT2D eigenvalue weighted by Gasteiger charge is -2.10. The Bertz CT molecular complexity index is 433. The van der Waals surface area contributed by atoms with Gasteiger partial charge in [-0.15, -0.1) is 0 Å². The zero-order valence-corrected chi connectivity index (χ0v) is 11.5. The lowest BCUT2D eigenvalue weighted by molar-refractivity contribution is 0.0904. The minimum Gasteiger partial charge on any atom is -0.378 e. The van der Waals surface area contributed by atoms with Crippen LogP contribution in [0.2, 0.25) is 0 Å². The molecule has 1 atom stereocenters. The van der Waals surface area contributed by atoms with E-state index >= 15 is 0 Å². The SMILES string of the molecule is O=C(NCCC1CCCO1)c1cccc(Br)c1F. The number of halogens is 2. The molecule has 1 amide bonds. The first-order valence-electron chi connectivity index (χ1n) is 6.02. The van der Waals surface area contributed by atoms with Gasteiger partial charge in [0.05, 0.1) is 16.1 Å². The summed E-state index contributed by atoms with van der Waals surface area (Å²) in [5, 5.41) is 2.71. The van der Waals surface area contributed by atoms with Crippen molar-refractivity contribution in [2.24, 2.45) is 0 Å². The third-order valence-electron chi connectivity index (χ3n) is 2.97. The Morgan fingerprint density at radius 2 is 2.39 bits per heavy atom. The van der Waals surface area contributed by atoms with Crippen molar-refractivity contribution >= 4 is 21.8 Å². The van der Waals surface area contributed by atoms with Gasteiger partial charge >= 0.3 is 0 Å². The Hall–Kier alpha value is -0.940. The van der Waals surface area contributed by atoms with E-state index in [0.29, 0.717) is 11.0 Å². The molecule has 1 saturated heterocycles. The van der Waals surface area contributed by atoms with Crippen LogP contribution in [0.25, 0.3) is 0 Å². The zero-order chi connectivity index (χ0) is 13.0. The fourth-order valence-corrected chi connectivity index (χ4v) is 2.36. The van der Waals surface area contributed by atoms with Gasteiger partial charge in [0.2, 0.25) is 0 Å². The Labute approximate surface area is 114 Å². The summed E-state index contributed by atoms with van der Waals surface area (Å²) in [6.07, 6.45) is 3.14. The molecule has 0 aliphatic carbocycles. The first kappa shape index (κ1) is 13.5. The molecule has 0 aromatic heterocycles. The molecule has 0 radical (unpaired) electrons. The fraction of sp³-hybridized carbons (Fsp3) is 0.462. The van der Waals surface area contributed by atoms with Gasteiger partial charge in [0, 0.05) is 13.2 Å². The number of hydrogen-bond acceptors (Lipinski definition) is 2. The van der Waals surface area contributed by atoms with Gasteiger partial charge < -0.3 is 10.1 Å². The van der Waals surface area contributed by atoms with Crippen LogP contribution in [0.4, 0.5) is 4.39 Å². The molecule has 1 aromatic rings. The largest absolute Gasteiger partial charge is 0.378 e. The molecule has 1 aromatic carbocycles. The van der Waals surface area contributed by atoms with E-state index in [9.17, 15) is 9.18 Å². The maximum Gasteiger partial charge on any atom is 0.254 e. The number of nitrogens with one attached hydrogen (secondary N) is 1. The van der Waals surface area contributed by atoms with Crippen LogP contribution >= 0.6 is 15.9 Å². The predicted molar refractivity (Wildman–Crippen MR) is 70.0 cm³/mol. The molecule has 1 heterocycles. The highest BCUT2D eigenvalue weighted by Crippen LogP contribution is 2.18. The van der Waals surface area contributed by atoms with E-state index < -0.39 is 5.82 Å². The molecule has 0 spiro atoms. The monoisotopic (exact) mass is 315 g/mol. The molecule has 5 heteroatoms. The summed E-state index contributed by atoms with van der Waals surface area (Å²) < 4.78 is 19.4. The number of carbonyl (C=O) groups excluding carboxylic acids is 1. The van der Waals surface area contributed by atoms with Gasteiger partial charge in [0.25, 0.3) is 5.91 Å². The lowest BCUT2D eigenvalue weighted by Crippen LogP contribution is -2.27. The minimum atomic E-state index is -0.521. The van der Waals surface area contributed by atoms with Crippen LogP contribution in [0.15, 0.2) is 22.7 Å². The maximum atomic E-state index is 13.6. The van der Waals surface area contributed by atoms with Crippen molar-refractivity contribution < 1.29 is 13.9 Å². The summed E-state index contributed by atoms with van der Waals surface area (Å²) in [5.74, 6) is -0.904. The van der Waals surface area contributed by atoms with E-state index in [1.807, 2.05) is 0 Å². The second-order valence-corrected chi connectivity index (χ2v) is 5.14. The Morgan fingerprint density at radius 3 is 3.11 bits per heavy atom. The maximum absolute atomic E-state index is 13.6. The molecule has 1 aliphatic heterocycles. The van der Waals surface area contributed by atoms with Crippen LogP contribution in [-0.4, -0.2) is 25.2 Å². The first-order chi connectivity index (χ1) is 8.68. The summed E-state index contributed by atoms with van der Waals surface area (Å²) >= 11 is 3.06. The number of carbonyl (C=O) groups is 1. The molecule has 0 bridgehead atoms. The Balaban J connectivity index is 1.85. The van der Waals surface area contributed by atoms with E-state index in [1.54, 1.807) is 12.1 Å². The van der Waals surface area contributed by atoms with E-state index in [4.69, 9.17) is 4.74 Å². The van der Waals surface area contributed by atoms with Crippen LogP contribution < -0.4 is 5.32 Å². The lowest BCUT2D eigenvalue weighted by atomic mass is 10.1. The van der Waals surface area contributed by atoms with Crippen molar-refractivity contribution in [3.63, 3.8) is 0 Å². The van der Waals surface area contributed by atoms with Crippen LogP contribution in [0, 0.1) is 5.82 Å². The van der Waals surface area contributed by atoms with Crippen LogP contribution in [0.3, 0.4) is 0 Å². The number of amides is 1. The normalized spacial score (nSPS) is 18.9. The average molecular weight is 316 g/mol. The Kier molecular flexibility index (Phi) is 4.72. The van der Waals surface area contributed by atoms with Crippen molar-refractivity contribution in [2.45, 2.75) is 25.4 Å². The fourth-order valence-electron chi connectivity index (χ4n) is 1.99.